The minimum atomic E-state index is -1.22. The fourth-order valence-electron chi connectivity index (χ4n) is 1.95. The molecule has 4 nitrogen and oxygen atoms in total. The lowest BCUT2D eigenvalue weighted by atomic mass is 9.99. The summed E-state index contributed by atoms with van der Waals surface area (Å²) < 4.78 is 0. The highest BCUT2D eigenvalue weighted by Gasteiger charge is 2.07. The Labute approximate surface area is 111 Å². The van der Waals surface area contributed by atoms with E-state index in [0.717, 1.165) is 31.4 Å². The standard InChI is InChI=1S/C13H15ClN2O2/c14-11-7-6-9(13(17)18)8-12(11)16-15-10-4-2-1-3-5-10/h6-8,16H,1-5H2,(H,17,18)/p-1. The molecule has 0 spiro atoms. The van der Waals surface area contributed by atoms with Crippen LogP contribution in [0.4, 0.5) is 5.69 Å². The molecule has 0 unspecified atom stereocenters. The van der Waals surface area contributed by atoms with Crippen molar-refractivity contribution >= 4 is 29.0 Å². The minimum Gasteiger partial charge on any atom is -0.545 e. The molecule has 0 radical (unpaired) electrons. The van der Waals surface area contributed by atoms with Gasteiger partial charge < -0.3 is 9.90 Å². The van der Waals surface area contributed by atoms with Crippen LogP contribution in [0.3, 0.4) is 0 Å². The van der Waals surface area contributed by atoms with Crippen LogP contribution in [0.25, 0.3) is 0 Å². The number of anilines is 1. The number of benzene rings is 1. The summed E-state index contributed by atoms with van der Waals surface area (Å²) in [4.78, 5) is 10.8. The number of aromatic carboxylic acids is 1. The lowest BCUT2D eigenvalue weighted by Gasteiger charge is -2.13. The van der Waals surface area contributed by atoms with Crippen molar-refractivity contribution in [2.24, 2.45) is 5.10 Å². The van der Waals surface area contributed by atoms with E-state index in [2.05, 4.69) is 10.5 Å². The van der Waals surface area contributed by atoms with Crippen LogP contribution in [0.2, 0.25) is 5.02 Å². The van der Waals surface area contributed by atoms with Crippen molar-refractivity contribution in [1.82, 2.24) is 0 Å². The molecule has 96 valence electrons. The summed E-state index contributed by atoms with van der Waals surface area (Å²) in [5.41, 5.74) is 4.54. The molecule has 0 aromatic heterocycles. The topological polar surface area (TPSA) is 64.5 Å². The summed E-state index contributed by atoms with van der Waals surface area (Å²) >= 11 is 5.97. The Balaban J connectivity index is 2.12. The second kappa shape index (κ2) is 5.87. The molecule has 1 aliphatic rings. The summed E-state index contributed by atoms with van der Waals surface area (Å²) in [5.74, 6) is -1.22. The van der Waals surface area contributed by atoms with Gasteiger partial charge in [-0.25, -0.2) is 0 Å². The first-order valence-electron chi connectivity index (χ1n) is 5.99. The Hall–Kier alpha value is -1.55. The maximum Gasteiger partial charge on any atom is 0.0754 e. The van der Waals surface area contributed by atoms with Crippen molar-refractivity contribution in [2.45, 2.75) is 32.1 Å². The molecule has 0 amide bonds. The van der Waals surface area contributed by atoms with Crippen molar-refractivity contribution in [1.29, 1.82) is 0 Å². The zero-order chi connectivity index (χ0) is 13.0. The van der Waals surface area contributed by atoms with Gasteiger partial charge >= 0.3 is 0 Å². The van der Waals surface area contributed by atoms with Crippen LogP contribution in [0.5, 0.6) is 0 Å². The Morgan fingerprint density at radius 1 is 1.28 bits per heavy atom. The van der Waals surface area contributed by atoms with E-state index in [1.54, 1.807) is 0 Å². The first kappa shape index (κ1) is 12.9. The number of carboxylic acids is 1. The first-order chi connectivity index (χ1) is 8.66. The van der Waals surface area contributed by atoms with Gasteiger partial charge in [0.25, 0.3) is 0 Å². The molecule has 1 fully saturated rings. The summed E-state index contributed by atoms with van der Waals surface area (Å²) in [6.07, 6.45) is 5.55. The van der Waals surface area contributed by atoms with Gasteiger partial charge in [0.2, 0.25) is 0 Å². The van der Waals surface area contributed by atoms with Crippen molar-refractivity contribution in [3.63, 3.8) is 0 Å². The average molecular weight is 266 g/mol. The zero-order valence-electron chi connectivity index (χ0n) is 9.91. The van der Waals surface area contributed by atoms with Gasteiger partial charge in [-0.3, -0.25) is 5.43 Å². The largest absolute Gasteiger partial charge is 0.545 e. The third-order valence-corrected chi connectivity index (χ3v) is 3.30. The van der Waals surface area contributed by atoms with Gasteiger partial charge in [0.1, 0.15) is 0 Å². The van der Waals surface area contributed by atoms with Gasteiger partial charge in [0.15, 0.2) is 0 Å². The van der Waals surface area contributed by atoms with Gasteiger partial charge in [0, 0.05) is 5.71 Å². The Bertz CT molecular complexity index is 478. The number of nitrogens with one attached hydrogen (secondary N) is 1. The Morgan fingerprint density at radius 3 is 2.67 bits per heavy atom. The van der Waals surface area contributed by atoms with Crippen molar-refractivity contribution in [3.8, 4) is 0 Å². The van der Waals surface area contributed by atoms with E-state index < -0.39 is 5.97 Å². The highest BCUT2D eigenvalue weighted by atomic mass is 35.5. The van der Waals surface area contributed by atoms with Crippen LogP contribution in [0.1, 0.15) is 42.5 Å². The number of carbonyl (C=O) groups excluding carboxylic acids is 1. The van der Waals surface area contributed by atoms with Crippen molar-refractivity contribution in [3.05, 3.63) is 28.8 Å². The van der Waals surface area contributed by atoms with E-state index in [4.69, 9.17) is 11.6 Å². The Kier molecular flexibility index (Phi) is 4.20. The number of hydrogen-bond donors (Lipinski definition) is 1. The molecule has 0 saturated heterocycles. The van der Waals surface area contributed by atoms with E-state index in [-0.39, 0.29) is 5.56 Å². The molecule has 0 aliphatic heterocycles. The third-order valence-electron chi connectivity index (χ3n) is 2.97. The number of hydrazone groups is 1. The lowest BCUT2D eigenvalue weighted by molar-refractivity contribution is -0.255. The van der Waals surface area contributed by atoms with Crippen LogP contribution in [-0.2, 0) is 0 Å². The molecule has 0 bridgehead atoms. The van der Waals surface area contributed by atoms with Gasteiger partial charge in [-0.2, -0.15) is 5.10 Å². The molecular formula is C13H14ClN2O2-. The maximum atomic E-state index is 10.8. The quantitative estimate of drug-likeness (QED) is 0.854. The molecule has 18 heavy (non-hydrogen) atoms. The summed E-state index contributed by atoms with van der Waals surface area (Å²) in [6, 6.07) is 4.37. The molecular weight excluding hydrogens is 252 g/mol. The van der Waals surface area contributed by atoms with E-state index in [0.29, 0.717) is 10.7 Å². The highest BCUT2D eigenvalue weighted by Crippen LogP contribution is 2.23. The highest BCUT2D eigenvalue weighted by molar-refractivity contribution is 6.33. The van der Waals surface area contributed by atoms with E-state index in [1.807, 2.05) is 0 Å². The fourth-order valence-corrected chi connectivity index (χ4v) is 2.11. The van der Waals surface area contributed by atoms with Crippen LogP contribution < -0.4 is 10.5 Å². The van der Waals surface area contributed by atoms with Crippen molar-refractivity contribution < 1.29 is 9.90 Å². The summed E-state index contributed by atoms with van der Waals surface area (Å²) in [7, 11) is 0. The molecule has 5 heteroatoms. The van der Waals surface area contributed by atoms with Gasteiger partial charge in [0.05, 0.1) is 16.7 Å². The fraction of sp³-hybridized carbons (Fsp3) is 0.385. The SMILES string of the molecule is O=C([O-])c1ccc(Cl)c(NN=C2CCCCC2)c1. The predicted octanol–water partition coefficient (Wildman–Crippen LogP) is 2.44. The molecule has 1 aromatic rings. The molecule has 1 aliphatic carbocycles. The van der Waals surface area contributed by atoms with Crippen LogP contribution >= 0.6 is 11.6 Å². The van der Waals surface area contributed by atoms with Gasteiger partial charge in [-0.15, -0.1) is 0 Å². The minimum absolute atomic E-state index is 0.0887. The number of hydrogen-bond acceptors (Lipinski definition) is 4. The Morgan fingerprint density at radius 2 is 2.00 bits per heavy atom. The first-order valence-corrected chi connectivity index (χ1v) is 6.37. The maximum absolute atomic E-state index is 10.8. The third kappa shape index (κ3) is 3.23. The number of nitrogens with zero attached hydrogens (tertiary/aromatic N) is 1. The predicted molar refractivity (Wildman–Crippen MR) is 69.9 cm³/mol. The van der Waals surface area contributed by atoms with Crippen molar-refractivity contribution in [2.75, 3.05) is 5.43 Å². The summed E-state index contributed by atoms with van der Waals surface area (Å²) in [5, 5.41) is 15.5. The smallest absolute Gasteiger partial charge is 0.0754 e. The van der Waals surface area contributed by atoms with Gasteiger partial charge in [-0.1, -0.05) is 24.1 Å². The van der Waals surface area contributed by atoms with E-state index >= 15 is 0 Å². The number of halogens is 1. The second-order valence-corrected chi connectivity index (χ2v) is 4.74. The zero-order valence-corrected chi connectivity index (χ0v) is 10.7. The monoisotopic (exact) mass is 265 g/mol. The molecule has 0 heterocycles. The lowest BCUT2D eigenvalue weighted by Crippen LogP contribution is -2.22. The summed E-state index contributed by atoms with van der Waals surface area (Å²) in [6.45, 7) is 0. The average Bonchev–Trinajstić information content (AvgIpc) is 2.38. The molecule has 1 aromatic carbocycles. The van der Waals surface area contributed by atoms with E-state index in [9.17, 15) is 9.90 Å². The normalized spacial score (nSPS) is 15.3. The van der Waals surface area contributed by atoms with Crippen LogP contribution in [0, 0.1) is 0 Å². The molecule has 1 saturated carbocycles. The van der Waals surface area contributed by atoms with Gasteiger partial charge in [-0.05, 0) is 43.4 Å². The second-order valence-electron chi connectivity index (χ2n) is 4.33. The molecule has 2 rings (SSSR count). The number of rotatable bonds is 3. The van der Waals surface area contributed by atoms with Crippen LogP contribution in [0.15, 0.2) is 23.3 Å². The number of carboxylic acid groups (broad SMARTS) is 1. The number of carbonyl (C=O) groups is 1. The molecule has 0 atom stereocenters. The van der Waals surface area contributed by atoms with Crippen LogP contribution in [-0.4, -0.2) is 11.7 Å². The molecule has 1 N–H and O–H groups in total. The van der Waals surface area contributed by atoms with E-state index in [1.165, 1.54) is 24.6 Å².